The minimum absolute atomic E-state index is 0.0134. The van der Waals surface area contributed by atoms with Gasteiger partial charge < -0.3 is 24.1 Å². The Morgan fingerprint density at radius 2 is 2.12 bits per heavy atom. The molecule has 1 saturated heterocycles. The van der Waals surface area contributed by atoms with Crippen molar-refractivity contribution in [2.45, 2.75) is 6.42 Å². The second-order valence-electron chi connectivity index (χ2n) is 6.05. The molecule has 0 aliphatic carbocycles. The lowest BCUT2D eigenvalue weighted by Gasteiger charge is -2.23. The molecular formula is C18H23N2O5+. The summed E-state index contributed by atoms with van der Waals surface area (Å²) in [5, 5.41) is 3.45. The maximum Gasteiger partial charge on any atom is 0.349 e. The average molecular weight is 347 g/mol. The molecule has 2 heterocycles. The molecule has 1 aliphatic rings. The zero-order valence-electron chi connectivity index (χ0n) is 14.3. The lowest BCUT2D eigenvalue weighted by Crippen LogP contribution is -3.14. The summed E-state index contributed by atoms with van der Waals surface area (Å²) in [4.78, 5) is 25.9. The monoisotopic (exact) mass is 347 g/mol. The van der Waals surface area contributed by atoms with Crippen LogP contribution in [0.5, 0.6) is 5.75 Å². The number of ether oxygens (including phenoxy) is 2. The summed E-state index contributed by atoms with van der Waals surface area (Å²) in [5.74, 6) is 0.0606. The minimum atomic E-state index is -0.659. The molecule has 7 nitrogen and oxygen atoms in total. The lowest BCUT2D eigenvalue weighted by molar-refractivity contribution is -0.908. The molecule has 0 unspecified atom stereocenters. The number of amides is 1. The SMILES string of the molecule is COc1cccc2cc(C(=O)NCCC[NH+]3CCOCC3)c(=O)oc12. The third-order valence-electron chi connectivity index (χ3n) is 4.38. The molecule has 1 amide bonds. The van der Waals surface area contributed by atoms with Crippen LogP contribution in [0.3, 0.4) is 0 Å². The van der Waals surface area contributed by atoms with Crippen molar-refractivity contribution in [1.29, 1.82) is 0 Å². The Kier molecular flexibility index (Phi) is 5.67. The number of morpholine rings is 1. The van der Waals surface area contributed by atoms with Crippen molar-refractivity contribution in [3.8, 4) is 5.75 Å². The fourth-order valence-electron chi connectivity index (χ4n) is 2.98. The molecule has 134 valence electrons. The fraction of sp³-hybridized carbons (Fsp3) is 0.444. The Hall–Kier alpha value is -2.38. The quantitative estimate of drug-likeness (QED) is 0.560. The van der Waals surface area contributed by atoms with E-state index in [4.69, 9.17) is 13.9 Å². The van der Waals surface area contributed by atoms with Gasteiger partial charge in [-0.3, -0.25) is 4.79 Å². The second kappa shape index (κ2) is 8.13. The Morgan fingerprint density at radius 3 is 2.88 bits per heavy atom. The van der Waals surface area contributed by atoms with E-state index >= 15 is 0 Å². The maximum atomic E-state index is 12.3. The highest BCUT2D eigenvalue weighted by atomic mass is 16.5. The van der Waals surface area contributed by atoms with Gasteiger partial charge in [0.05, 0.1) is 26.9 Å². The molecule has 0 radical (unpaired) electrons. The standard InChI is InChI=1S/C18H22N2O5/c1-23-15-5-2-4-13-12-14(18(22)25-16(13)15)17(21)19-6-3-7-20-8-10-24-11-9-20/h2,4-5,12H,3,6-11H2,1H3,(H,19,21)/p+1. The van der Waals surface area contributed by atoms with E-state index in [1.165, 1.54) is 12.0 Å². The topological polar surface area (TPSA) is 82.2 Å². The summed E-state index contributed by atoms with van der Waals surface area (Å²) in [7, 11) is 1.51. The molecule has 7 heteroatoms. The minimum Gasteiger partial charge on any atom is -0.493 e. The number of quaternary nitrogens is 1. The second-order valence-corrected chi connectivity index (χ2v) is 6.05. The number of rotatable bonds is 6. The van der Waals surface area contributed by atoms with Crippen LogP contribution in [-0.2, 0) is 4.74 Å². The molecule has 0 atom stereocenters. The number of nitrogens with one attached hydrogen (secondary N) is 2. The third-order valence-corrected chi connectivity index (χ3v) is 4.38. The zero-order valence-corrected chi connectivity index (χ0v) is 14.3. The highest BCUT2D eigenvalue weighted by Crippen LogP contribution is 2.24. The van der Waals surface area contributed by atoms with E-state index in [1.807, 2.05) is 0 Å². The number of benzene rings is 1. The number of carbonyl (C=O) groups excluding carboxylic acids is 1. The number of para-hydroxylation sites is 1. The number of hydrogen-bond acceptors (Lipinski definition) is 5. The van der Waals surface area contributed by atoms with Crippen molar-refractivity contribution in [2.75, 3.05) is 46.5 Å². The van der Waals surface area contributed by atoms with E-state index in [0.717, 1.165) is 39.3 Å². The predicted octanol–water partition coefficient (Wildman–Crippen LogP) is -0.163. The normalized spacial score (nSPS) is 15.2. The summed E-state index contributed by atoms with van der Waals surface area (Å²) >= 11 is 0. The van der Waals surface area contributed by atoms with Crippen LogP contribution in [0.1, 0.15) is 16.8 Å². The Morgan fingerprint density at radius 1 is 1.32 bits per heavy atom. The summed E-state index contributed by atoms with van der Waals surface area (Å²) in [5.41, 5.74) is -0.296. The van der Waals surface area contributed by atoms with Crippen LogP contribution in [0.2, 0.25) is 0 Å². The van der Waals surface area contributed by atoms with E-state index in [1.54, 1.807) is 24.3 Å². The van der Waals surface area contributed by atoms with Gasteiger partial charge in [0.2, 0.25) is 0 Å². The van der Waals surface area contributed by atoms with E-state index in [0.29, 0.717) is 23.3 Å². The summed E-state index contributed by atoms with van der Waals surface area (Å²) in [6, 6.07) is 6.82. The van der Waals surface area contributed by atoms with E-state index in [2.05, 4.69) is 5.32 Å². The summed E-state index contributed by atoms with van der Waals surface area (Å²) < 4.78 is 15.8. The molecule has 1 aromatic heterocycles. The molecule has 0 spiro atoms. The van der Waals surface area contributed by atoms with Crippen molar-refractivity contribution in [3.05, 3.63) is 40.2 Å². The van der Waals surface area contributed by atoms with Crippen LogP contribution in [0.4, 0.5) is 0 Å². The predicted molar refractivity (Wildman–Crippen MR) is 92.4 cm³/mol. The highest BCUT2D eigenvalue weighted by molar-refractivity contribution is 5.97. The van der Waals surface area contributed by atoms with Gasteiger partial charge in [-0.15, -0.1) is 0 Å². The van der Waals surface area contributed by atoms with Crippen molar-refractivity contribution in [3.63, 3.8) is 0 Å². The maximum absolute atomic E-state index is 12.3. The smallest absolute Gasteiger partial charge is 0.349 e. The molecular weight excluding hydrogens is 324 g/mol. The number of hydrogen-bond donors (Lipinski definition) is 2. The first-order valence-electron chi connectivity index (χ1n) is 8.49. The van der Waals surface area contributed by atoms with E-state index in [9.17, 15) is 9.59 Å². The first-order chi connectivity index (χ1) is 12.2. The van der Waals surface area contributed by atoms with Crippen LogP contribution in [0.15, 0.2) is 33.5 Å². The molecule has 0 bridgehead atoms. The van der Waals surface area contributed by atoms with Crippen molar-refractivity contribution < 1.29 is 23.6 Å². The number of fused-ring (bicyclic) bond motifs is 1. The number of methoxy groups -OCH3 is 1. The van der Waals surface area contributed by atoms with Gasteiger partial charge in [-0.25, -0.2) is 4.79 Å². The third kappa shape index (κ3) is 4.18. The molecule has 0 saturated carbocycles. The van der Waals surface area contributed by atoms with Gasteiger partial charge in [-0.05, 0) is 12.1 Å². The summed E-state index contributed by atoms with van der Waals surface area (Å²) in [6.45, 7) is 5.10. The summed E-state index contributed by atoms with van der Waals surface area (Å²) in [6.07, 6.45) is 0.855. The van der Waals surface area contributed by atoms with Gasteiger partial charge in [0.15, 0.2) is 11.3 Å². The van der Waals surface area contributed by atoms with Gasteiger partial charge in [-0.1, -0.05) is 12.1 Å². The van der Waals surface area contributed by atoms with Crippen molar-refractivity contribution in [2.24, 2.45) is 0 Å². The molecule has 25 heavy (non-hydrogen) atoms. The molecule has 1 aliphatic heterocycles. The van der Waals surface area contributed by atoms with Crippen LogP contribution in [0.25, 0.3) is 11.0 Å². The van der Waals surface area contributed by atoms with Gasteiger partial charge in [-0.2, -0.15) is 0 Å². The molecule has 2 aromatic rings. The van der Waals surface area contributed by atoms with Gasteiger partial charge in [0.25, 0.3) is 5.91 Å². The Bertz CT molecular complexity index is 796. The van der Waals surface area contributed by atoms with Crippen LogP contribution >= 0.6 is 0 Å². The van der Waals surface area contributed by atoms with Crippen LogP contribution in [0, 0.1) is 0 Å². The fourth-order valence-corrected chi connectivity index (χ4v) is 2.98. The molecule has 3 rings (SSSR count). The van der Waals surface area contributed by atoms with Crippen molar-refractivity contribution in [1.82, 2.24) is 5.32 Å². The number of carbonyl (C=O) groups is 1. The van der Waals surface area contributed by atoms with Gasteiger partial charge >= 0.3 is 5.63 Å². The Labute approximate surface area is 145 Å². The van der Waals surface area contributed by atoms with E-state index in [-0.39, 0.29) is 5.56 Å². The Balaban J connectivity index is 1.61. The molecule has 1 fully saturated rings. The highest BCUT2D eigenvalue weighted by Gasteiger charge is 2.16. The van der Waals surface area contributed by atoms with E-state index < -0.39 is 11.5 Å². The molecule has 2 N–H and O–H groups in total. The first kappa shape index (κ1) is 17.4. The zero-order chi connectivity index (χ0) is 17.6. The largest absolute Gasteiger partial charge is 0.493 e. The van der Waals surface area contributed by atoms with Crippen LogP contribution < -0.4 is 20.6 Å². The van der Waals surface area contributed by atoms with Gasteiger partial charge in [0.1, 0.15) is 18.7 Å². The average Bonchev–Trinajstić information content (AvgIpc) is 2.65. The lowest BCUT2D eigenvalue weighted by atomic mass is 10.1. The molecule has 1 aromatic carbocycles. The van der Waals surface area contributed by atoms with Crippen LogP contribution in [-0.4, -0.2) is 52.4 Å². The first-order valence-corrected chi connectivity index (χ1v) is 8.49. The van der Waals surface area contributed by atoms with Gasteiger partial charge in [0, 0.05) is 18.4 Å². The van der Waals surface area contributed by atoms with Crippen molar-refractivity contribution >= 4 is 16.9 Å².